The summed E-state index contributed by atoms with van der Waals surface area (Å²) in [6.45, 7) is 26.5. The minimum atomic E-state index is -1.91. The molecule has 0 radical (unpaired) electrons. The van der Waals surface area contributed by atoms with Crippen LogP contribution in [0.3, 0.4) is 0 Å². The largest absolute Gasteiger partial charge is 0.488 e. The van der Waals surface area contributed by atoms with Crippen molar-refractivity contribution in [3.8, 4) is 5.75 Å². The number of hydrogen-bond acceptors (Lipinski definition) is 5. The van der Waals surface area contributed by atoms with Crippen LogP contribution >= 0.6 is 11.3 Å². The van der Waals surface area contributed by atoms with E-state index in [-0.39, 0.29) is 10.1 Å². The molecule has 0 aliphatic heterocycles. The summed E-state index contributed by atoms with van der Waals surface area (Å²) in [6.07, 6.45) is 3.34. The number of hydrogen-bond donors (Lipinski definition) is 0. The Hall–Kier alpha value is -1.52. The lowest BCUT2D eigenvalue weighted by Crippen LogP contribution is -2.41. The zero-order chi connectivity index (χ0) is 28.1. The van der Waals surface area contributed by atoms with Crippen LogP contribution in [0.4, 0.5) is 0 Å². The number of carbonyl (C=O) groups is 1. The molecule has 0 spiro atoms. The van der Waals surface area contributed by atoms with Crippen LogP contribution in [-0.4, -0.2) is 22.9 Å². The molecule has 0 aliphatic carbocycles. The smallest absolute Gasteiger partial charge is 0.192 e. The molecular formula is C30H48O4SSi2. The Morgan fingerprint density at radius 3 is 1.92 bits per heavy atom. The van der Waals surface area contributed by atoms with E-state index in [1.165, 1.54) is 5.56 Å². The maximum atomic E-state index is 10.9. The van der Waals surface area contributed by atoms with E-state index < -0.39 is 16.6 Å². The lowest BCUT2D eigenvalue weighted by Gasteiger charge is -2.37. The van der Waals surface area contributed by atoms with Crippen LogP contribution in [0.15, 0.2) is 36.4 Å². The van der Waals surface area contributed by atoms with Crippen LogP contribution in [-0.2, 0) is 33.5 Å². The van der Waals surface area contributed by atoms with Gasteiger partial charge in [-0.1, -0.05) is 54.5 Å². The lowest BCUT2D eigenvalue weighted by molar-refractivity contribution is -0.104. The highest BCUT2D eigenvalue weighted by Gasteiger charge is 2.38. The van der Waals surface area contributed by atoms with Crippen molar-refractivity contribution in [1.29, 1.82) is 0 Å². The standard InChI is InChI=1S/C30H48O4SSi2/c1-12-23(17-18-31)28-16-15-27(35-28)22-32-26-14-13-24(20-33-36(8,9)29(2,3)4)25(19-26)21-34-37(10,11)30(5,6)7/h13-19H,12,20-22H2,1-11H3/b23-17-. The Bertz CT molecular complexity index is 1070. The van der Waals surface area contributed by atoms with Gasteiger partial charge in [-0.15, -0.1) is 11.3 Å². The van der Waals surface area contributed by atoms with Gasteiger partial charge in [0.25, 0.3) is 0 Å². The first-order valence-corrected chi connectivity index (χ1v) is 19.9. The molecule has 0 aliphatic rings. The lowest BCUT2D eigenvalue weighted by atomic mass is 10.1. The molecule has 1 aromatic carbocycles. The van der Waals surface area contributed by atoms with Gasteiger partial charge >= 0.3 is 0 Å². The molecule has 7 heteroatoms. The van der Waals surface area contributed by atoms with Gasteiger partial charge in [0.05, 0.1) is 13.2 Å². The van der Waals surface area contributed by atoms with Crippen molar-refractivity contribution in [3.63, 3.8) is 0 Å². The van der Waals surface area contributed by atoms with E-state index in [1.807, 2.05) is 6.07 Å². The summed E-state index contributed by atoms with van der Waals surface area (Å²) in [5.74, 6) is 0.832. The highest BCUT2D eigenvalue weighted by molar-refractivity contribution is 7.13. The van der Waals surface area contributed by atoms with Crippen LogP contribution < -0.4 is 4.74 Å². The Morgan fingerprint density at radius 2 is 1.41 bits per heavy atom. The second-order valence-corrected chi connectivity index (χ2v) is 23.6. The predicted octanol–water partition coefficient (Wildman–Crippen LogP) is 9.36. The quantitative estimate of drug-likeness (QED) is 0.147. The third kappa shape index (κ3) is 8.75. The number of allylic oxidation sites excluding steroid dienone is 2. The summed E-state index contributed by atoms with van der Waals surface area (Å²) >= 11 is 1.67. The van der Waals surface area contributed by atoms with Crippen LogP contribution in [0.1, 0.15) is 75.8 Å². The summed E-state index contributed by atoms with van der Waals surface area (Å²) in [4.78, 5) is 13.2. The molecule has 2 aromatic rings. The van der Waals surface area contributed by atoms with Crippen molar-refractivity contribution in [2.45, 2.75) is 111 Å². The molecule has 0 unspecified atom stereocenters. The Labute approximate surface area is 231 Å². The third-order valence-corrected chi connectivity index (χ3v) is 18.1. The number of rotatable bonds is 12. The fourth-order valence-electron chi connectivity index (χ4n) is 3.16. The number of carbonyl (C=O) groups excluding carboxylic acids is 1. The minimum Gasteiger partial charge on any atom is -0.488 e. The summed E-state index contributed by atoms with van der Waals surface area (Å²) in [5, 5.41) is 0.303. The van der Waals surface area contributed by atoms with Gasteiger partial charge < -0.3 is 13.6 Å². The second-order valence-electron chi connectivity index (χ2n) is 12.8. The zero-order valence-electron chi connectivity index (χ0n) is 24.9. The van der Waals surface area contributed by atoms with Crippen LogP contribution in [0, 0.1) is 0 Å². The van der Waals surface area contributed by atoms with Gasteiger partial charge in [0.1, 0.15) is 18.6 Å². The van der Waals surface area contributed by atoms with Crippen LogP contribution in [0.25, 0.3) is 5.57 Å². The predicted molar refractivity (Wildman–Crippen MR) is 163 cm³/mol. The highest BCUT2D eigenvalue weighted by atomic mass is 32.1. The molecule has 0 amide bonds. The fraction of sp³-hybridized carbons (Fsp3) is 0.567. The maximum absolute atomic E-state index is 10.9. The molecule has 1 aromatic heterocycles. The molecule has 0 saturated carbocycles. The Morgan fingerprint density at radius 1 is 0.838 bits per heavy atom. The van der Waals surface area contributed by atoms with Crippen molar-refractivity contribution in [3.05, 3.63) is 57.3 Å². The average molecular weight is 561 g/mol. The number of aldehydes is 1. The van der Waals surface area contributed by atoms with Crippen molar-refractivity contribution in [2.75, 3.05) is 0 Å². The van der Waals surface area contributed by atoms with Gasteiger partial charge in [-0.05, 0) is 89.7 Å². The summed E-state index contributed by atoms with van der Waals surface area (Å²) in [6, 6.07) is 10.4. The summed E-state index contributed by atoms with van der Waals surface area (Å²) in [7, 11) is -3.79. The van der Waals surface area contributed by atoms with E-state index in [9.17, 15) is 4.79 Å². The van der Waals surface area contributed by atoms with Crippen LogP contribution in [0.2, 0.25) is 36.3 Å². The molecule has 0 N–H and O–H groups in total. The molecule has 206 valence electrons. The van der Waals surface area contributed by atoms with Gasteiger partial charge in [-0.25, -0.2) is 0 Å². The molecule has 0 saturated heterocycles. The van der Waals surface area contributed by atoms with E-state index in [0.29, 0.717) is 19.8 Å². The van der Waals surface area contributed by atoms with Gasteiger partial charge in [0.2, 0.25) is 0 Å². The second kappa shape index (κ2) is 12.6. The van der Waals surface area contributed by atoms with E-state index in [2.05, 4.69) is 98.9 Å². The minimum absolute atomic E-state index is 0.144. The number of thiophene rings is 1. The van der Waals surface area contributed by atoms with E-state index >= 15 is 0 Å². The number of benzene rings is 1. The van der Waals surface area contributed by atoms with Crippen molar-refractivity contribution in [1.82, 2.24) is 0 Å². The molecule has 37 heavy (non-hydrogen) atoms. The van der Waals surface area contributed by atoms with E-state index in [0.717, 1.165) is 39.3 Å². The van der Waals surface area contributed by atoms with E-state index in [4.69, 9.17) is 13.6 Å². The SMILES string of the molecule is CC/C(=C/C=O)c1ccc(COc2ccc(CO[Si](C)(C)C(C)(C)C)c(CO[Si](C)(C)C(C)(C)C)c2)s1. The molecular weight excluding hydrogens is 513 g/mol. The van der Waals surface area contributed by atoms with Gasteiger partial charge in [-0.3, -0.25) is 4.79 Å². The zero-order valence-corrected chi connectivity index (χ0v) is 27.7. The topological polar surface area (TPSA) is 44.8 Å². The maximum Gasteiger partial charge on any atom is 0.192 e. The molecule has 1 heterocycles. The first kappa shape index (κ1) is 31.7. The first-order chi connectivity index (χ1) is 17.0. The third-order valence-electron chi connectivity index (χ3n) is 7.98. The van der Waals surface area contributed by atoms with Gasteiger partial charge in [0, 0.05) is 9.75 Å². The van der Waals surface area contributed by atoms with E-state index in [1.54, 1.807) is 17.4 Å². The van der Waals surface area contributed by atoms with Gasteiger partial charge in [-0.2, -0.15) is 0 Å². The normalized spacial score (nSPS) is 13.6. The van der Waals surface area contributed by atoms with Crippen molar-refractivity contribution >= 4 is 39.8 Å². The van der Waals surface area contributed by atoms with Crippen molar-refractivity contribution in [2.24, 2.45) is 0 Å². The fourth-order valence-corrected chi connectivity index (χ4v) is 6.07. The first-order valence-electron chi connectivity index (χ1n) is 13.3. The molecule has 0 bridgehead atoms. The molecule has 0 fully saturated rings. The van der Waals surface area contributed by atoms with Crippen molar-refractivity contribution < 1.29 is 18.4 Å². The highest BCUT2D eigenvalue weighted by Crippen LogP contribution is 2.39. The Kier molecular flexibility index (Phi) is 10.8. The molecule has 2 rings (SSSR count). The van der Waals surface area contributed by atoms with Crippen LogP contribution in [0.5, 0.6) is 5.75 Å². The number of ether oxygens (including phenoxy) is 1. The monoisotopic (exact) mass is 560 g/mol. The average Bonchev–Trinajstić information content (AvgIpc) is 3.26. The molecule has 0 atom stereocenters. The Balaban J connectivity index is 2.24. The summed E-state index contributed by atoms with van der Waals surface area (Å²) in [5.41, 5.74) is 3.36. The summed E-state index contributed by atoms with van der Waals surface area (Å²) < 4.78 is 19.4. The van der Waals surface area contributed by atoms with Gasteiger partial charge in [0.15, 0.2) is 16.6 Å². The molecule has 4 nitrogen and oxygen atoms in total.